The normalized spacial score (nSPS) is 10.3. The molecular formula is C21H24N6O2. The van der Waals surface area contributed by atoms with Crippen LogP contribution < -0.4 is 20.7 Å². The van der Waals surface area contributed by atoms with E-state index in [1.807, 2.05) is 49.4 Å². The molecule has 2 heterocycles. The number of amides is 1. The number of rotatable bonds is 9. The summed E-state index contributed by atoms with van der Waals surface area (Å²) < 4.78 is 5.28. The third-order valence-corrected chi connectivity index (χ3v) is 4.06. The van der Waals surface area contributed by atoms with Gasteiger partial charge in [0.1, 0.15) is 29.0 Å². The number of anilines is 3. The zero-order chi connectivity index (χ0) is 20.5. The van der Waals surface area contributed by atoms with E-state index < -0.39 is 0 Å². The van der Waals surface area contributed by atoms with Crippen molar-refractivity contribution in [2.75, 3.05) is 30.8 Å². The van der Waals surface area contributed by atoms with E-state index in [2.05, 4.69) is 30.9 Å². The van der Waals surface area contributed by atoms with Crippen molar-refractivity contribution in [1.82, 2.24) is 20.3 Å². The molecule has 0 unspecified atom stereocenters. The average Bonchev–Trinajstić information content (AvgIpc) is 2.72. The fourth-order valence-electron chi connectivity index (χ4n) is 2.77. The molecule has 0 radical (unpaired) electrons. The van der Waals surface area contributed by atoms with Crippen LogP contribution in [0.3, 0.4) is 0 Å². The fourth-order valence-corrected chi connectivity index (χ4v) is 2.77. The Hall–Kier alpha value is -3.68. The van der Waals surface area contributed by atoms with Gasteiger partial charge in [0, 0.05) is 30.9 Å². The largest absolute Gasteiger partial charge is 0.496 e. The summed E-state index contributed by atoms with van der Waals surface area (Å²) in [5, 5.41) is 9.25. The summed E-state index contributed by atoms with van der Waals surface area (Å²) in [5.74, 6) is 3.32. The van der Waals surface area contributed by atoms with Crippen LogP contribution >= 0.6 is 0 Å². The van der Waals surface area contributed by atoms with Crippen LogP contribution in [-0.4, -0.2) is 41.1 Å². The van der Waals surface area contributed by atoms with Gasteiger partial charge in [-0.25, -0.2) is 15.0 Å². The lowest BCUT2D eigenvalue weighted by molar-refractivity contribution is -0.120. The molecule has 3 aromatic rings. The molecule has 3 rings (SSSR count). The second-order valence-corrected chi connectivity index (χ2v) is 6.29. The maximum absolute atomic E-state index is 12.2. The van der Waals surface area contributed by atoms with Crippen LogP contribution in [0, 0.1) is 6.92 Å². The minimum atomic E-state index is -0.0623. The molecule has 1 amide bonds. The molecule has 1 aromatic carbocycles. The topological polar surface area (TPSA) is 101 Å². The predicted octanol–water partition coefficient (Wildman–Crippen LogP) is 2.70. The maximum Gasteiger partial charge on any atom is 0.224 e. The summed E-state index contributed by atoms with van der Waals surface area (Å²) in [6.07, 6.45) is 1.98. The van der Waals surface area contributed by atoms with Gasteiger partial charge in [-0.2, -0.15) is 0 Å². The van der Waals surface area contributed by atoms with E-state index in [1.54, 1.807) is 19.4 Å². The van der Waals surface area contributed by atoms with Crippen molar-refractivity contribution >= 4 is 23.4 Å². The van der Waals surface area contributed by atoms with Gasteiger partial charge in [-0.1, -0.05) is 24.3 Å². The standard InChI is InChI=1S/C21H24N6O2/c1-15-25-19(14-20(26-15)27-18-9-5-6-10-22-18)23-11-12-24-21(28)13-16-7-3-4-8-17(16)29-2/h3-10,14H,11-13H2,1-2H3,(H,24,28)(H2,22,23,25,26,27). The van der Waals surface area contributed by atoms with Gasteiger partial charge in [0.2, 0.25) is 5.91 Å². The van der Waals surface area contributed by atoms with Crippen molar-refractivity contribution in [2.45, 2.75) is 13.3 Å². The summed E-state index contributed by atoms with van der Waals surface area (Å²) in [5.41, 5.74) is 0.858. The molecular weight excluding hydrogens is 368 g/mol. The van der Waals surface area contributed by atoms with Crippen LogP contribution in [0.1, 0.15) is 11.4 Å². The van der Waals surface area contributed by atoms with Crippen LogP contribution in [0.5, 0.6) is 5.75 Å². The van der Waals surface area contributed by atoms with Crippen molar-refractivity contribution in [3.63, 3.8) is 0 Å². The SMILES string of the molecule is COc1ccccc1CC(=O)NCCNc1cc(Nc2ccccn2)nc(C)n1. The number of hydrogen-bond acceptors (Lipinski definition) is 7. The minimum Gasteiger partial charge on any atom is -0.496 e. The van der Waals surface area contributed by atoms with Crippen LogP contribution in [0.25, 0.3) is 0 Å². The number of aryl methyl sites for hydroxylation is 1. The van der Waals surface area contributed by atoms with Gasteiger partial charge < -0.3 is 20.7 Å². The van der Waals surface area contributed by atoms with E-state index in [4.69, 9.17) is 4.74 Å². The Morgan fingerprint density at radius 1 is 1.00 bits per heavy atom. The average molecular weight is 392 g/mol. The molecule has 3 N–H and O–H groups in total. The van der Waals surface area contributed by atoms with E-state index >= 15 is 0 Å². The van der Waals surface area contributed by atoms with Crippen molar-refractivity contribution < 1.29 is 9.53 Å². The molecule has 2 aromatic heterocycles. The van der Waals surface area contributed by atoms with Crippen molar-refractivity contribution in [3.05, 3.63) is 66.1 Å². The number of ether oxygens (including phenoxy) is 1. The highest BCUT2D eigenvalue weighted by atomic mass is 16.5. The lowest BCUT2D eigenvalue weighted by Gasteiger charge is -2.11. The molecule has 0 atom stereocenters. The van der Waals surface area contributed by atoms with Gasteiger partial charge in [0.05, 0.1) is 13.5 Å². The summed E-state index contributed by atoms with van der Waals surface area (Å²) in [6.45, 7) is 2.83. The third-order valence-electron chi connectivity index (χ3n) is 4.06. The zero-order valence-corrected chi connectivity index (χ0v) is 16.5. The number of nitrogens with one attached hydrogen (secondary N) is 3. The van der Waals surface area contributed by atoms with Crippen molar-refractivity contribution in [2.24, 2.45) is 0 Å². The van der Waals surface area contributed by atoms with Crippen LogP contribution in [0.4, 0.5) is 17.5 Å². The van der Waals surface area contributed by atoms with Crippen LogP contribution in [-0.2, 0) is 11.2 Å². The minimum absolute atomic E-state index is 0.0623. The summed E-state index contributed by atoms with van der Waals surface area (Å²) in [6, 6.07) is 14.9. The highest BCUT2D eigenvalue weighted by Gasteiger charge is 2.08. The quantitative estimate of drug-likeness (QED) is 0.481. The highest BCUT2D eigenvalue weighted by molar-refractivity contribution is 5.79. The zero-order valence-electron chi connectivity index (χ0n) is 16.5. The number of benzene rings is 1. The molecule has 150 valence electrons. The number of carbonyl (C=O) groups is 1. The first-order chi connectivity index (χ1) is 14.1. The molecule has 0 aliphatic heterocycles. The molecule has 0 saturated heterocycles. The number of methoxy groups -OCH3 is 1. The number of hydrogen-bond donors (Lipinski definition) is 3. The van der Waals surface area contributed by atoms with E-state index in [-0.39, 0.29) is 12.3 Å². The maximum atomic E-state index is 12.2. The van der Waals surface area contributed by atoms with Gasteiger partial charge in [-0.05, 0) is 25.1 Å². The molecule has 0 saturated carbocycles. The molecule has 0 aliphatic carbocycles. The molecule has 29 heavy (non-hydrogen) atoms. The molecule has 0 fully saturated rings. The van der Waals surface area contributed by atoms with Gasteiger partial charge in [-0.15, -0.1) is 0 Å². The smallest absolute Gasteiger partial charge is 0.224 e. The monoisotopic (exact) mass is 392 g/mol. The van der Waals surface area contributed by atoms with E-state index in [1.165, 1.54) is 0 Å². The number of para-hydroxylation sites is 1. The first kappa shape index (κ1) is 20.1. The number of carbonyl (C=O) groups excluding carboxylic acids is 1. The second kappa shape index (κ2) is 10.0. The molecule has 0 aliphatic rings. The fraction of sp³-hybridized carbons (Fsp3) is 0.238. The number of nitrogens with zero attached hydrogens (tertiary/aromatic N) is 3. The molecule has 0 bridgehead atoms. The van der Waals surface area contributed by atoms with Gasteiger partial charge in [0.15, 0.2) is 0 Å². The molecule has 8 nitrogen and oxygen atoms in total. The lowest BCUT2D eigenvalue weighted by Crippen LogP contribution is -2.30. The summed E-state index contributed by atoms with van der Waals surface area (Å²) in [4.78, 5) is 25.1. The Morgan fingerprint density at radius 3 is 2.59 bits per heavy atom. The van der Waals surface area contributed by atoms with E-state index in [9.17, 15) is 4.79 Å². The number of aromatic nitrogens is 3. The first-order valence-corrected chi connectivity index (χ1v) is 9.30. The summed E-state index contributed by atoms with van der Waals surface area (Å²) in [7, 11) is 1.60. The Balaban J connectivity index is 1.48. The van der Waals surface area contributed by atoms with Gasteiger partial charge in [0.25, 0.3) is 0 Å². The Bertz CT molecular complexity index is 949. The lowest BCUT2D eigenvalue weighted by atomic mass is 10.1. The Labute approximate surface area is 169 Å². The molecule has 0 spiro atoms. The highest BCUT2D eigenvalue weighted by Crippen LogP contribution is 2.17. The van der Waals surface area contributed by atoms with E-state index in [0.717, 1.165) is 5.56 Å². The van der Waals surface area contributed by atoms with E-state index in [0.29, 0.717) is 42.1 Å². The van der Waals surface area contributed by atoms with Gasteiger partial charge in [-0.3, -0.25) is 4.79 Å². The predicted molar refractivity (Wildman–Crippen MR) is 112 cm³/mol. The van der Waals surface area contributed by atoms with Crippen LogP contribution in [0.15, 0.2) is 54.7 Å². The number of pyridine rings is 1. The van der Waals surface area contributed by atoms with Crippen molar-refractivity contribution in [1.29, 1.82) is 0 Å². The second-order valence-electron chi connectivity index (χ2n) is 6.29. The Morgan fingerprint density at radius 2 is 1.79 bits per heavy atom. The molecule has 8 heteroatoms. The summed E-state index contributed by atoms with van der Waals surface area (Å²) >= 11 is 0. The van der Waals surface area contributed by atoms with Crippen LogP contribution in [0.2, 0.25) is 0 Å². The first-order valence-electron chi connectivity index (χ1n) is 9.30. The van der Waals surface area contributed by atoms with Crippen molar-refractivity contribution in [3.8, 4) is 5.75 Å². The third kappa shape index (κ3) is 6.17. The Kier molecular flexibility index (Phi) is 6.94. The van der Waals surface area contributed by atoms with Gasteiger partial charge >= 0.3 is 0 Å².